The summed E-state index contributed by atoms with van der Waals surface area (Å²) in [5.74, 6) is 0.189. The van der Waals surface area contributed by atoms with Crippen LogP contribution in [-0.2, 0) is 5.41 Å². The molecule has 5 heteroatoms. The second-order valence-electron chi connectivity index (χ2n) is 11.8. The normalized spacial score (nSPS) is 11.7. The maximum absolute atomic E-state index is 11.6. The first-order valence-electron chi connectivity index (χ1n) is 14.3. The van der Waals surface area contributed by atoms with Crippen LogP contribution in [0.1, 0.15) is 26.3 Å². The van der Waals surface area contributed by atoms with E-state index in [9.17, 15) is 5.11 Å². The fourth-order valence-electron chi connectivity index (χ4n) is 5.47. The third kappa shape index (κ3) is 4.99. The van der Waals surface area contributed by atoms with Crippen molar-refractivity contribution in [1.29, 1.82) is 0 Å². The van der Waals surface area contributed by atoms with Gasteiger partial charge in [-0.25, -0.2) is 9.97 Å². The van der Waals surface area contributed by atoms with Gasteiger partial charge >= 0.3 is 0 Å². The van der Waals surface area contributed by atoms with Crippen LogP contribution in [0.15, 0.2) is 122 Å². The van der Waals surface area contributed by atoms with Gasteiger partial charge in [0.05, 0.1) is 22.4 Å². The molecule has 0 aliphatic rings. The lowest BCUT2D eigenvalue weighted by Gasteiger charge is -2.22. The topological polar surface area (TPSA) is 71.8 Å². The second kappa shape index (κ2) is 10.4. The van der Waals surface area contributed by atoms with Crippen LogP contribution < -0.4 is 0 Å². The minimum absolute atomic E-state index is 0.135. The Hall–Kier alpha value is -5.42. The predicted molar refractivity (Wildman–Crippen MR) is 175 cm³/mol. The molecule has 208 valence electrons. The predicted octanol–water partition coefficient (Wildman–Crippen LogP) is 9.24. The maximum Gasteiger partial charge on any atom is 0.132 e. The summed E-state index contributed by atoms with van der Waals surface area (Å²) in [6, 6.07) is 32.7. The molecule has 43 heavy (non-hydrogen) atoms. The fraction of sp³-hybridized carbons (Fsp3) is 0.105. The van der Waals surface area contributed by atoms with Gasteiger partial charge in [-0.3, -0.25) is 9.97 Å². The smallest absolute Gasteiger partial charge is 0.132 e. The molecule has 0 bridgehead atoms. The molecule has 5 nitrogen and oxygen atoms in total. The third-order valence-corrected chi connectivity index (χ3v) is 7.90. The van der Waals surface area contributed by atoms with E-state index in [1.807, 2.05) is 36.5 Å². The molecule has 3 aromatic carbocycles. The van der Waals surface area contributed by atoms with E-state index in [2.05, 4.69) is 97.5 Å². The number of aromatic nitrogens is 4. The van der Waals surface area contributed by atoms with Gasteiger partial charge in [-0.05, 0) is 59.0 Å². The average Bonchev–Trinajstić information content (AvgIpc) is 3.04. The summed E-state index contributed by atoms with van der Waals surface area (Å²) in [7, 11) is 0. The highest BCUT2D eigenvalue weighted by molar-refractivity contribution is 6.04. The summed E-state index contributed by atoms with van der Waals surface area (Å²) in [5.41, 5.74) is 9.60. The minimum Gasteiger partial charge on any atom is -0.507 e. The first-order chi connectivity index (χ1) is 20.8. The number of rotatable bonds is 4. The van der Waals surface area contributed by atoms with Gasteiger partial charge in [-0.15, -0.1) is 0 Å². The van der Waals surface area contributed by atoms with E-state index in [1.165, 1.54) is 0 Å². The zero-order valence-electron chi connectivity index (χ0n) is 24.3. The first-order valence-corrected chi connectivity index (χ1v) is 14.3. The molecule has 4 aromatic heterocycles. The van der Waals surface area contributed by atoms with Crippen LogP contribution in [-0.4, -0.2) is 25.0 Å². The summed E-state index contributed by atoms with van der Waals surface area (Å²) >= 11 is 0. The largest absolute Gasteiger partial charge is 0.507 e. The van der Waals surface area contributed by atoms with Crippen LogP contribution >= 0.6 is 0 Å². The van der Waals surface area contributed by atoms with Crippen molar-refractivity contribution < 1.29 is 5.11 Å². The number of phenols is 1. The van der Waals surface area contributed by atoms with Crippen molar-refractivity contribution in [2.45, 2.75) is 26.2 Å². The molecule has 0 saturated carbocycles. The highest BCUT2D eigenvalue weighted by Gasteiger charge is 2.21. The Balaban J connectivity index is 1.40. The number of pyridine rings is 4. The Morgan fingerprint density at radius 3 is 1.74 bits per heavy atom. The summed E-state index contributed by atoms with van der Waals surface area (Å²) in [4.78, 5) is 18.8. The molecule has 0 aliphatic heterocycles. The van der Waals surface area contributed by atoms with E-state index >= 15 is 0 Å². The van der Waals surface area contributed by atoms with E-state index in [-0.39, 0.29) is 11.2 Å². The van der Waals surface area contributed by atoms with Crippen LogP contribution in [0.5, 0.6) is 5.75 Å². The number of fused-ring (bicyclic) bond motifs is 3. The Morgan fingerprint density at radius 2 is 1.09 bits per heavy atom. The number of benzene rings is 3. The van der Waals surface area contributed by atoms with E-state index in [4.69, 9.17) is 9.97 Å². The van der Waals surface area contributed by atoms with Gasteiger partial charge in [0.25, 0.3) is 0 Å². The molecule has 1 N–H and O–H groups in total. The minimum atomic E-state index is -0.135. The molecular weight excluding hydrogens is 528 g/mol. The molecule has 0 radical (unpaired) electrons. The molecule has 0 saturated heterocycles. The Labute approximate surface area is 250 Å². The van der Waals surface area contributed by atoms with E-state index in [0.29, 0.717) is 11.3 Å². The SMILES string of the molecule is CC(C)(C)c1cc(-c2cccnc2)c(O)c(-c2ccc3ccc4ccc(-c5cccc(-c6cccnc6)c5)nc4c3n2)c1. The van der Waals surface area contributed by atoms with Crippen molar-refractivity contribution >= 4 is 21.8 Å². The van der Waals surface area contributed by atoms with Crippen LogP contribution in [0.3, 0.4) is 0 Å². The van der Waals surface area contributed by atoms with Crippen molar-refractivity contribution in [3.63, 3.8) is 0 Å². The van der Waals surface area contributed by atoms with Crippen molar-refractivity contribution in [2.75, 3.05) is 0 Å². The lowest BCUT2D eigenvalue weighted by molar-refractivity contribution is 0.478. The molecule has 7 aromatic rings. The number of hydrogen-bond acceptors (Lipinski definition) is 5. The second-order valence-corrected chi connectivity index (χ2v) is 11.8. The third-order valence-electron chi connectivity index (χ3n) is 7.90. The molecule has 0 fully saturated rings. The summed E-state index contributed by atoms with van der Waals surface area (Å²) in [5, 5.41) is 13.6. The quantitative estimate of drug-likeness (QED) is 0.218. The van der Waals surface area contributed by atoms with Gasteiger partial charge in [-0.1, -0.05) is 75.4 Å². The summed E-state index contributed by atoms with van der Waals surface area (Å²) < 4.78 is 0. The Kier molecular flexibility index (Phi) is 6.43. The van der Waals surface area contributed by atoms with Gasteiger partial charge in [0.1, 0.15) is 5.75 Å². The maximum atomic E-state index is 11.6. The monoisotopic (exact) mass is 558 g/mol. The number of hydrogen-bond donors (Lipinski definition) is 1. The van der Waals surface area contributed by atoms with E-state index in [0.717, 1.165) is 60.9 Å². The number of phenolic OH excluding ortho intramolecular Hbond substituents is 1. The number of nitrogens with zero attached hydrogens (tertiary/aromatic N) is 4. The Morgan fingerprint density at radius 1 is 0.535 bits per heavy atom. The van der Waals surface area contributed by atoms with Crippen molar-refractivity contribution in [3.05, 3.63) is 127 Å². The molecule has 0 unspecified atom stereocenters. The van der Waals surface area contributed by atoms with Crippen molar-refractivity contribution in [2.24, 2.45) is 0 Å². The zero-order valence-corrected chi connectivity index (χ0v) is 24.3. The van der Waals surface area contributed by atoms with Gasteiger partial charge in [0, 0.05) is 63.4 Å². The summed E-state index contributed by atoms with van der Waals surface area (Å²) in [6.07, 6.45) is 7.17. The Bertz CT molecular complexity index is 2120. The van der Waals surface area contributed by atoms with Crippen LogP contribution in [0.25, 0.3) is 66.6 Å². The fourth-order valence-corrected chi connectivity index (χ4v) is 5.47. The van der Waals surface area contributed by atoms with Crippen molar-refractivity contribution in [3.8, 4) is 50.5 Å². The van der Waals surface area contributed by atoms with Crippen LogP contribution in [0, 0.1) is 0 Å². The van der Waals surface area contributed by atoms with E-state index in [1.54, 1.807) is 18.6 Å². The molecule has 4 heterocycles. The highest BCUT2D eigenvalue weighted by atomic mass is 16.3. The number of aromatic hydroxyl groups is 1. The van der Waals surface area contributed by atoms with Crippen molar-refractivity contribution in [1.82, 2.24) is 19.9 Å². The molecule has 0 atom stereocenters. The molecule has 0 amide bonds. The lowest BCUT2D eigenvalue weighted by atomic mass is 9.83. The van der Waals surface area contributed by atoms with Gasteiger partial charge in [0.2, 0.25) is 0 Å². The molecule has 0 aliphatic carbocycles. The highest BCUT2D eigenvalue weighted by Crippen LogP contribution is 2.42. The zero-order chi connectivity index (χ0) is 29.6. The molecule has 7 rings (SSSR count). The average molecular weight is 559 g/mol. The van der Waals surface area contributed by atoms with Crippen LogP contribution in [0.4, 0.5) is 0 Å². The lowest BCUT2D eigenvalue weighted by Crippen LogP contribution is -2.11. The molecular formula is C38H30N4O. The van der Waals surface area contributed by atoms with E-state index < -0.39 is 0 Å². The van der Waals surface area contributed by atoms with Gasteiger partial charge in [-0.2, -0.15) is 0 Å². The summed E-state index contributed by atoms with van der Waals surface area (Å²) in [6.45, 7) is 6.52. The standard InChI is InChI=1S/C38H30N4O/c1-38(2,3)30-20-31(29-10-6-18-40-23-29)37(43)32(21-30)34-16-14-25-12-11-24-13-15-33(41-35(24)36(25)42-34)27-8-4-7-26(19-27)28-9-5-17-39-22-28/h4-23,43H,1-3H3. The van der Waals surface area contributed by atoms with Gasteiger partial charge in [0.15, 0.2) is 0 Å². The molecule has 0 spiro atoms. The first kappa shape index (κ1) is 26.5. The van der Waals surface area contributed by atoms with Gasteiger partial charge < -0.3 is 5.11 Å². The van der Waals surface area contributed by atoms with Crippen LogP contribution in [0.2, 0.25) is 0 Å².